The maximum Gasteiger partial charge on any atom is 0.295 e. The number of ketones is 1. The Morgan fingerprint density at radius 1 is 1.02 bits per heavy atom. The van der Waals surface area contributed by atoms with Crippen molar-refractivity contribution in [2.45, 2.75) is 30.7 Å². The van der Waals surface area contributed by atoms with Crippen LogP contribution in [0.2, 0.25) is 0 Å². The van der Waals surface area contributed by atoms with Crippen LogP contribution >= 0.6 is 0 Å². The molecular formula is C29H37N3O7S. The lowest BCUT2D eigenvalue weighted by atomic mass is 9.95. The van der Waals surface area contributed by atoms with Crippen molar-refractivity contribution in [3.05, 3.63) is 65.2 Å². The number of amides is 1. The predicted octanol–water partition coefficient (Wildman–Crippen LogP) is 2.87. The molecule has 0 unspecified atom stereocenters. The Balaban J connectivity index is 1.68. The van der Waals surface area contributed by atoms with E-state index < -0.39 is 27.8 Å². The fourth-order valence-corrected chi connectivity index (χ4v) is 5.77. The van der Waals surface area contributed by atoms with Crippen LogP contribution in [-0.2, 0) is 24.3 Å². The van der Waals surface area contributed by atoms with Crippen molar-refractivity contribution in [1.82, 2.24) is 14.1 Å². The number of Topliss-reactive ketones (excluding diaryl/α,β-unsaturated/α-hetero) is 1. The van der Waals surface area contributed by atoms with Gasteiger partial charge < -0.3 is 19.5 Å². The number of likely N-dealkylation sites (tertiary alicyclic amines) is 1. The third kappa shape index (κ3) is 6.38. The Morgan fingerprint density at radius 3 is 2.27 bits per heavy atom. The van der Waals surface area contributed by atoms with Crippen molar-refractivity contribution in [3.8, 4) is 5.75 Å². The molecular weight excluding hydrogens is 534 g/mol. The van der Waals surface area contributed by atoms with E-state index in [1.54, 1.807) is 24.3 Å². The molecule has 2 fully saturated rings. The summed E-state index contributed by atoms with van der Waals surface area (Å²) in [5, 5.41) is 11.3. The maximum atomic E-state index is 13.3. The van der Waals surface area contributed by atoms with Gasteiger partial charge in [-0.2, -0.15) is 0 Å². The molecule has 0 spiro atoms. The van der Waals surface area contributed by atoms with Crippen molar-refractivity contribution < 1.29 is 32.6 Å². The molecule has 0 radical (unpaired) electrons. The van der Waals surface area contributed by atoms with E-state index in [2.05, 4.69) is 4.90 Å². The second kappa shape index (κ2) is 12.9. The Kier molecular flexibility index (Phi) is 9.62. The Morgan fingerprint density at radius 2 is 1.68 bits per heavy atom. The number of aliphatic hydroxyl groups is 1. The summed E-state index contributed by atoms with van der Waals surface area (Å²) in [6, 6.07) is 12.0. The van der Waals surface area contributed by atoms with Crippen LogP contribution in [0.1, 0.15) is 36.9 Å². The highest BCUT2D eigenvalue weighted by molar-refractivity contribution is 7.89. The standard InChI is InChI=1S/C29H37N3O7S/c1-4-18-39-23-10-6-21(7-11-23)26-25(27(33)22-8-12-24(13-9-22)40(36,37)30(2)3)28(34)29(35)32(26)15-5-14-31-16-19-38-20-17-31/h6-13,26,33H,4-5,14-20H2,1-3H3/t26-/m1/s1. The minimum atomic E-state index is -3.67. The fraction of sp³-hybridized carbons (Fsp3) is 0.448. The number of ether oxygens (including phenoxy) is 2. The normalized spacial score (nSPS) is 19.9. The summed E-state index contributed by atoms with van der Waals surface area (Å²) in [6.07, 6.45) is 1.51. The van der Waals surface area contributed by atoms with Crippen LogP contribution in [0.15, 0.2) is 59.0 Å². The van der Waals surface area contributed by atoms with Gasteiger partial charge >= 0.3 is 0 Å². The van der Waals surface area contributed by atoms with Gasteiger partial charge in [-0.1, -0.05) is 19.1 Å². The van der Waals surface area contributed by atoms with Crippen molar-refractivity contribution in [3.63, 3.8) is 0 Å². The van der Waals surface area contributed by atoms with Crippen molar-refractivity contribution >= 4 is 27.5 Å². The van der Waals surface area contributed by atoms with Crippen molar-refractivity contribution in [2.75, 3.05) is 60.1 Å². The zero-order chi connectivity index (χ0) is 28.9. The Bertz CT molecular complexity index is 1330. The van der Waals surface area contributed by atoms with Crippen LogP contribution in [0.3, 0.4) is 0 Å². The van der Waals surface area contributed by atoms with Gasteiger partial charge in [-0.05, 0) is 54.8 Å². The first-order valence-corrected chi connectivity index (χ1v) is 14.9. The zero-order valence-electron chi connectivity index (χ0n) is 23.2. The van der Waals surface area contributed by atoms with Crippen LogP contribution < -0.4 is 4.74 Å². The van der Waals surface area contributed by atoms with Gasteiger partial charge in [0.15, 0.2) is 0 Å². The average Bonchev–Trinajstić information content (AvgIpc) is 3.21. The van der Waals surface area contributed by atoms with E-state index in [1.165, 1.54) is 43.3 Å². The third-order valence-electron chi connectivity index (χ3n) is 7.09. The molecule has 1 amide bonds. The van der Waals surface area contributed by atoms with Gasteiger partial charge in [0.2, 0.25) is 10.0 Å². The van der Waals surface area contributed by atoms with Gasteiger partial charge in [-0.3, -0.25) is 14.5 Å². The first kappa shape index (κ1) is 29.7. The molecule has 2 aliphatic heterocycles. The molecule has 2 aromatic rings. The minimum absolute atomic E-state index is 0.0261. The molecule has 0 aliphatic carbocycles. The first-order valence-electron chi connectivity index (χ1n) is 13.5. The smallest absolute Gasteiger partial charge is 0.295 e. The highest BCUT2D eigenvalue weighted by atomic mass is 32.2. The number of hydrogen-bond acceptors (Lipinski definition) is 8. The molecule has 1 N–H and O–H groups in total. The molecule has 11 heteroatoms. The number of morpholine rings is 1. The molecule has 2 heterocycles. The lowest BCUT2D eigenvalue weighted by Gasteiger charge is -2.29. The number of nitrogens with zero attached hydrogens (tertiary/aromatic N) is 3. The zero-order valence-corrected chi connectivity index (χ0v) is 24.0. The number of sulfonamides is 1. The van der Waals surface area contributed by atoms with Gasteiger partial charge in [0, 0.05) is 45.8 Å². The molecule has 40 heavy (non-hydrogen) atoms. The van der Waals surface area contributed by atoms with E-state index in [0.29, 0.717) is 44.1 Å². The summed E-state index contributed by atoms with van der Waals surface area (Å²) >= 11 is 0. The molecule has 1 atom stereocenters. The Hall–Kier alpha value is -3.25. The molecule has 0 bridgehead atoms. The van der Waals surface area contributed by atoms with E-state index >= 15 is 0 Å². The molecule has 2 aromatic carbocycles. The fourth-order valence-electron chi connectivity index (χ4n) is 4.86. The van der Waals surface area contributed by atoms with Gasteiger partial charge in [0.25, 0.3) is 11.7 Å². The lowest BCUT2D eigenvalue weighted by Crippen LogP contribution is -2.38. The van der Waals surface area contributed by atoms with E-state index in [1.807, 2.05) is 6.92 Å². The summed E-state index contributed by atoms with van der Waals surface area (Å²) in [4.78, 5) is 30.4. The first-order chi connectivity index (χ1) is 19.1. The highest BCUT2D eigenvalue weighted by Crippen LogP contribution is 2.40. The maximum absolute atomic E-state index is 13.3. The molecule has 4 rings (SSSR count). The number of hydrogen-bond donors (Lipinski definition) is 1. The quantitative estimate of drug-likeness (QED) is 0.249. The molecule has 0 aromatic heterocycles. The van der Waals surface area contributed by atoms with Crippen LogP contribution in [0.4, 0.5) is 0 Å². The topological polar surface area (TPSA) is 117 Å². The molecule has 216 valence electrons. The number of carbonyl (C=O) groups is 2. The summed E-state index contributed by atoms with van der Waals surface area (Å²) in [6.45, 7) is 6.65. The molecule has 10 nitrogen and oxygen atoms in total. The summed E-state index contributed by atoms with van der Waals surface area (Å²) < 4.78 is 37.2. The number of aliphatic hydroxyl groups excluding tert-OH is 1. The monoisotopic (exact) mass is 571 g/mol. The number of benzene rings is 2. The highest BCUT2D eigenvalue weighted by Gasteiger charge is 2.45. The van der Waals surface area contributed by atoms with Crippen LogP contribution in [0.25, 0.3) is 5.76 Å². The lowest BCUT2D eigenvalue weighted by molar-refractivity contribution is -0.140. The van der Waals surface area contributed by atoms with Crippen molar-refractivity contribution in [2.24, 2.45) is 0 Å². The summed E-state index contributed by atoms with van der Waals surface area (Å²) in [7, 11) is -0.803. The van der Waals surface area contributed by atoms with E-state index in [9.17, 15) is 23.1 Å². The average molecular weight is 572 g/mol. The molecule has 2 aliphatic rings. The number of carbonyl (C=O) groups excluding carboxylic acids is 2. The molecule has 2 saturated heterocycles. The van der Waals surface area contributed by atoms with Gasteiger partial charge in [0.1, 0.15) is 11.5 Å². The van der Waals surface area contributed by atoms with Crippen LogP contribution in [0, 0.1) is 0 Å². The van der Waals surface area contributed by atoms with E-state index in [4.69, 9.17) is 9.47 Å². The predicted molar refractivity (Wildman–Crippen MR) is 150 cm³/mol. The third-order valence-corrected chi connectivity index (χ3v) is 8.92. The van der Waals surface area contributed by atoms with Gasteiger partial charge in [0.05, 0.1) is 36.3 Å². The minimum Gasteiger partial charge on any atom is -0.507 e. The van der Waals surface area contributed by atoms with Crippen molar-refractivity contribution in [1.29, 1.82) is 0 Å². The van der Waals surface area contributed by atoms with Gasteiger partial charge in [-0.25, -0.2) is 12.7 Å². The summed E-state index contributed by atoms with van der Waals surface area (Å²) in [5.74, 6) is -1.12. The van der Waals surface area contributed by atoms with Gasteiger partial charge in [-0.15, -0.1) is 0 Å². The largest absolute Gasteiger partial charge is 0.507 e. The second-order valence-electron chi connectivity index (χ2n) is 10.0. The molecule has 0 saturated carbocycles. The second-order valence-corrected chi connectivity index (χ2v) is 12.2. The summed E-state index contributed by atoms with van der Waals surface area (Å²) in [5.41, 5.74) is 0.890. The Labute approximate surface area is 235 Å². The SMILES string of the molecule is CCCOc1ccc([C@@H]2C(=C(O)c3ccc(S(=O)(=O)N(C)C)cc3)C(=O)C(=O)N2CCCN2CCOCC2)cc1. The van der Waals surface area contributed by atoms with Crippen LogP contribution in [0.5, 0.6) is 5.75 Å². The van der Waals surface area contributed by atoms with E-state index in [-0.39, 0.29) is 21.8 Å². The van der Waals surface area contributed by atoms with Crippen LogP contribution in [-0.4, -0.2) is 99.4 Å². The van der Waals surface area contributed by atoms with E-state index in [0.717, 1.165) is 30.4 Å². The number of rotatable bonds is 11.